The highest BCUT2D eigenvalue weighted by Gasteiger charge is 2.08. The summed E-state index contributed by atoms with van der Waals surface area (Å²) in [6.07, 6.45) is 6.67. The van der Waals surface area contributed by atoms with Crippen LogP contribution in [-0.2, 0) is 11.3 Å². The van der Waals surface area contributed by atoms with Crippen LogP contribution in [-0.4, -0.2) is 28.4 Å². The van der Waals surface area contributed by atoms with E-state index in [1.54, 1.807) is 6.26 Å². The van der Waals surface area contributed by atoms with Crippen LogP contribution in [0.4, 0.5) is 5.13 Å². The van der Waals surface area contributed by atoms with Crippen LogP contribution in [0.25, 0.3) is 0 Å². The van der Waals surface area contributed by atoms with Gasteiger partial charge in [-0.1, -0.05) is 29.0 Å². The number of thioether (sulfide) groups is 1. The molecule has 0 saturated carbocycles. The van der Waals surface area contributed by atoms with Gasteiger partial charge in [0, 0.05) is 0 Å². The smallest absolute Gasteiger partial charge is 0.231 e. The fourth-order valence-corrected chi connectivity index (χ4v) is 2.82. The molecule has 0 spiro atoms. The van der Waals surface area contributed by atoms with Crippen molar-refractivity contribution in [3.63, 3.8) is 0 Å². The summed E-state index contributed by atoms with van der Waals surface area (Å²) in [5, 5.41) is 14.3. The van der Waals surface area contributed by atoms with E-state index >= 15 is 0 Å². The highest BCUT2D eigenvalue weighted by atomic mass is 32.2. The van der Waals surface area contributed by atoms with E-state index in [0.717, 1.165) is 10.1 Å². The van der Waals surface area contributed by atoms with E-state index in [1.807, 2.05) is 12.1 Å². The minimum atomic E-state index is -0.117. The average Bonchev–Trinajstić information content (AvgIpc) is 3.11. The molecule has 2 N–H and O–H groups in total. The second-order valence-electron chi connectivity index (χ2n) is 3.58. The van der Waals surface area contributed by atoms with Gasteiger partial charge >= 0.3 is 0 Å². The zero-order chi connectivity index (χ0) is 14.2. The van der Waals surface area contributed by atoms with Crippen LogP contribution in [0.3, 0.4) is 0 Å². The van der Waals surface area contributed by atoms with Crippen molar-refractivity contribution in [1.29, 1.82) is 0 Å². The average molecular weight is 308 g/mol. The van der Waals surface area contributed by atoms with Crippen molar-refractivity contribution < 1.29 is 9.21 Å². The molecule has 0 saturated heterocycles. The van der Waals surface area contributed by atoms with E-state index in [-0.39, 0.29) is 18.2 Å². The topological polar surface area (TPSA) is 80.0 Å². The molecule has 0 aliphatic rings. The van der Waals surface area contributed by atoms with Gasteiger partial charge < -0.3 is 15.1 Å². The molecule has 0 atom stereocenters. The van der Waals surface area contributed by atoms with Gasteiger partial charge in [0.15, 0.2) is 4.34 Å². The lowest BCUT2D eigenvalue weighted by atomic mass is 10.4. The summed E-state index contributed by atoms with van der Waals surface area (Å²) in [5.74, 6) is 3.32. The molecule has 0 aliphatic heterocycles. The third-order valence-electron chi connectivity index (χ3n) is 2.11. The third-order valence-corrected chi connectivity index (χ3v) is 4.13. The lowest BCUT2D eigenvalue weighted by Gasteiger charge is -1.98. The second kappa shape index (κ2) is 7.57. The molecule has 0 aliphatic carbocycles. The Hall–Kier alpha value is -1.98. The number of carbonyl (C=O) groups is 1. The summed E-state index contributed by atoms with van der Waals surface area (Å²) >= 11 is 2.71. The number of furan rings is 1. The van der Waals surface area contributed by atoms with Gasteiger partial charge in [0.25, 0.3) is 0 Å². The summed E-state index contributed by atoms with van der Waals surface area (Å²) in [5.41, 5.74) is 0. The molecular weight excluding hydrogens is 296 g/mol. The molecular formula is C12H12N4O2S2. The number of nitrogens with one attached hydrogen (secondary N) is 2. The van der Waals surface area contributed by atoms with Gasteiger partial charge in [-0.15, -0.1) is 16.6 Å². The van der Waals surface area contributed by atoms with Gasteiger partial charge in [0.1, 0.15) is 5.76 Å². The monoisotopic (exact) mass is 308 g/mol. The Balaban J connectivity index is 1.74. The van der Waals surface area contributed by atoms with Crippen molar-refractivity contribution in [2.45, 2.75) is 10.9 Å². The first kappa shape index (κ1) is 14.4. The summed E-state index contributed by atoms with van der Waals surface area (Å²) in [6, 6.07) is 3.70. The lowest BCUT2D eigenvalue weighted by Crippen LogP contribution is -2.25. The molecule has 2 heterocycles. The van der Waals surface area contributed by atoms with Crippen LogP contribution >= 0.6 is 23.1 Å². The number of nitrogens with zero attached hydrogens (tertiary/aromatic N) is 2. The fraction of sp³-hybridized carbons (Fsp3) is 0.250. The Morgan fingerprint density at radius 2 is 2.45 bits per heavy atom. The van der Waals surface area contributed by atoms with Crippen LogP contribution < -0.4 is 10.6 Å². The second-order valence-corrected chi connectivity index (χ2v) is 5.78. The molecule has 2 aromatic heterocycles. The summed E-state index contributed by atoms with van der Waals surface area (Å²) in [7, 11) is 0. The van der Waals surface area contributed by atoms with Crippen molar-refractivity contribution in [1.82, 2.24) is 15.5 Å². The van der Waals surface area contributed by atoms with Gasteiger partial charge in [0.05, 0.1) is 25.1 Å². The maximum atomic E-state index is 11.4. The van der Waals surface area contributed by atoms with Crippen molar-refractivity contribution >= 4 is 34.1 Å². The fourth-order valence-electron chi connectivity index (χ4n) is 1.24. The minimum absolute atomic E-state index is 0.117. The number of hydrogen-bond acceptors (Lipinski definition) is 7. The zero-order valence-electron chi connectivity index (χ0n) is 10.5. The van der Waals surface area contributed by atoms with Crippen LogP contribution in [0.1, 0.15) is 5.76 Å². The summed E-state index contributed by atoms with van der Waals surface area (Å²) in [6.45, 7) is 0.792. The molecule has 0 bridgehead atoms. The minimum Gasteiger partial charge on any atom is -0.467 e. The predicted molar refractivity (Wildman–Crippen MR) is 78.5 cm³/mol. The number of rotatable bonds is 7. The van der Waals surface area contributed by atoms with E-state index in [1.165, 1.54) is 23.1 Å². The number of anilines is 1. The Bertz CT molecular complexity index is 589. The van der Waals surface area contributed by atoms with E-state index < -0.39 is 0 Å². The number of terminal acetylenes is 1. The Morgan fingerprint density at radius 3 is 3.20 bits per heavy atom. The molecule has 0 unspecified atom stereocenters. The van der Waals surface area contributed by atoms with Crippen molar-refractivity contribution in [2.75, 3.05) is 17.6 Å². The molecule has 104 valence electrons. The van der Waals surface area contributed by atoms with Crippen LogP contribution in [0.5, 0.6) is 0 Å². The molecule has 1 amide bonds. The standard InChI is InChI=1S/C12H12N4O2S2/c1-2-5-13-10(17)8-19-12-16-15-11(20-12)14-7-9-4-3-6-18-9/h1,3-4,6H,5,7-8H2,(H,13,17)(H,14,15). The van der Waals surface area contributed by atoms with Gasteiger partial charge in [0.2, 0.25) is 11.0 Å². The highest BCUT2D eigenvalue weighted by Crippen LogP contribution is 2.25. The number of carbonyl (C=O) groups excluding carboxylic acids is 1. The summed E-state index contributed by atoms with van der Waals surface area (Å²) < 4.78 is 5.92. The maximum Gasteiger partial charge on any atom is 0.231 e. The van der Waals surface area contributed by atoms with E-state index in [9.17, 15) is 4.79 Å². The molecule has 20 heavy (non-hydrogen) atoms. The van der Waals surface area contributed by atoms with Gasteiger partial charge in [-0.05, 0) is 12.1 Å². The van der Waals surface area contributed by atoms with Crippen molar-refractivity contribution in [3.8, 4) is 12.3 Å². The van der Waals surface area contributed by atoms with Gasteiger partial charge in [-0.2, -0.15) is 0 Å². The normalized spacial score (nSPS) is 9.95. The first-order valence-corrected chi connectivity index (χ1v) is 7.51. The molecule has 0 fully saturated rings. The summed E-state index contributed by atoms with van der Waals surface area (Å²) in [4.78, 5) is 11.4. The van der Waals surface area contributed by atoms with E-state index in [4.69, 9.17) is 10.8 Å². The zero-order valence-corrected chi connectivity index (χ0v) is 12.1. The third kappa shape index (κ3) is 4.60. The Kier molecular flexibility index (Phi) is 5.46. The maximum absolute atomic E-state index is 11.4. The van der Waals surface area contributed by atoms with E-state index in [0.29, 0.717) is 11.7 Å². The molecule has 0 radical (unpaired) electrons. The number of amides is 1. The number of hydrogen-bond donors (Lipinski definition) is 2. The van der Waals surface area contributed by atoms with Gasteiger partial charge in [-0.25, -0.2) is 0 Å². The quantitative estimate of drug-likeness (QED) is 0.597. The Morgan fingerprint density at radius 1 is 1.55 bits per heavy atom. The van der Waals surface area contributed by atoms with Crippen LogP contribution in [0.2, 0.25) is 0 Å². The molecule has 2 rings (SSSR count). The molecule has 8 heteroatoms. The molecule has 2 aromatic rings. The first-order chi connectivity index (χ1) is 9.78. The first-order valence-electron chi connectivity index (χ1n) is 5.70. The predicted octanol–water partition coefficient (Wildman–Crippen LogP) is 1.58. The van der Waals surface area contributed by atoms with Crippen LogP contribution in [0, 0.1) is 12.3 Å². The largest absolute Gasteiger partial charge is 0.467 e. The van der Waals surface area contributed by atoms with Crippen LogP contribution in [0.15, 0.2) is 27.2 Å². The SMILES string of the molecule is C#CCNC(=O)CSc1nnc(NCc2ccco2)s1. The van der Waals surface area contributed by atoms with E-state index in [2.05, 4.69) is 26.8 Å². The van der Waals surface area contributed by atoms with Crippen molar-refractivity contribution in [2.24, 2.45) is 0 Å². The molecule has 0 aromatic carbocycles. The Labute approximate surface area is 124 Å². The van der Waals surface area contributed by atoms with Gasteiger partial charge in [-0.3, -0.25) is 4.79 Å². The highest BCUT2D eigenvalue weighted by molar-refractivity contribution is 8.01. The molecule has 6 nitrogen and oxygen atoms in total. The van der Waals surface area contributed by atoms with Crippen molar-refractivity contribution in [3.05, 3.63) is 24.2 Å². The number of aromatic nitrogens is 2. The lowest BCUT2D eigenvalue weighted by molar-refractivity contribution is -0.118.